The van der Waals surface area contributed by atoms with E-state index >= 15 is 0 Å². The Morgan fingerprint density at radius 2 is 1.48 bits per heavy atom. The topological polar surface area (TPSA) is 86.9 Å². The molecule has 10 heteroatoms. The molecule has 0 atom stereocenters. The van der Waals surface area contributed by atoms with Crippen LogP contribution in [0.4, 0.5) is 5.82 Å². The third-order valence-electron chi connectivity index (χ3n) is 6.49. The van der Waals surface area contributed by atoms with Crippen LogP contribution in [0.1, 0.15) is 56.7 Å². The summed E-state index contributed by atoms with van der Waals surface area (Å²) >= 11 is 0. The standard InChI is InChI=1S/C19H29N7O2S/c27-29(28,24-12-3-1-2-4-13-24)25-14-8-16(9-15-25)19-21-20-17-6-7-18(22-26(17)19)23-10-5-11-23/h6-7,16H,1-5,8-15H2. The van der Waals surface area contributed by atoms with Crippen LogP contribution in [0.25, 0.3) is 5.65 Å². The zero-order valence-electron chi connectivity index (χ0n) is 16.8. The van der Waals surface area contributed by atoms with E-state index in [2.05, 4.69) is 15.1 Å². The fourth-order valence-electron chi connectivity index (χ4n) is 4.54. The van der Waals surface area contributed by atoms with Gasteiger partial charge < -0.3 is 4.90 Å². The van der Waals surface area contributed by atoms with E-state index in [1.807, 2.05) is 16.6 Å². The summed E-state index contributed by atoms with van der Waals surface area (Å²) in [5, 5.41) is 13.4. The zero-order chi connectivity index (χ0) is 19.8. The molecule has 0 aliphatic carbocycles. The van der Waals surface area contributed by atoms with Gasteiger partial charge in [0.05, 0.1) is 0 Å². The van der Waals surface area contributed by atoms with Gasteiger partial charge in [-0.3, -0.25) is 0 Å². The Balaban J connectivity index is 1.30. The normalized spacial score (nSPS) is 23.2. The molecule has 29 heavy (non-hydrogen) atoms. The van der Waals surface area contributed by atoms with Crippen molar-refractivity contribution in [3.63, 3.8) is 0 Å². The minimum Gasteiger partial charge on any atom is -0.355 e. The van der Waals surface area contributed by atoms with Gasteiger partial charge in [0.15, 0.2) is 11.5 Å². The number of aromatic nitrogens is 4. The molecule has 3 aliphatic rings. The number of fused-ring (bicyclic) bond motifs is 1. The van der Waals surface area contributed by atoms with Crippen LogP contribution >= 0.6 is 0 Å². The highest BCUT2D eigenvalue weighted by Crippen LogP contribution is 2.30. The molecule has 3 saturated heterocycles. The maximum Gasteiger partial charge on any atom is 0.281 e. The Hall–Kier alpha value is -1.78. The molecule has 0 radical (unpaired) electrons. The number of rotatable bonds is 4. The number of hydrogen-bond donors (Lipinski definition) is 0. The largest absolute Gasteiger partial charge is 0.355 e. The molecular formula is C19H29N7O2S. The average Bonchev–Trinajstić information content (AvgIpc) is 2.91. The van der Waals surface area contributed by atoms with Crippen LogP contribution in [0.2, 0.25) is 0 Å². The van der Waals surface area contributed by atoms with Gasteiger partial charge in [-0.1, -0.05) is 12.8 Å². The summed E-state index contributed by atoms with van der Waals surface area (Å²) in [5.74, 6) is 2.00. The van der Waals surface area contributed by atoms with E-state index in [9.17, 15) is 8.42 Å². The molecule has 158 valence electrons. The van der Waals surface area contributed by atoms with Crippen molar-refractivity contribution in [2.24, 2.45) is 0 Å². The second kappa shape index (κ2) is 7.81. The molecule has 3 aliphatic heterocycles. The van der Waals surface area contributed by atoms with Crippen LogP contribution in [0, 0.1) is 0 Å². The molecule has 2 aromatic rings. The summed E-state index contributed by atoms with van der Waals surface area (Å²) in [6.45, 7) is 4.46. The Morgan fingerprint density at radius 3 is 2.14 bits per heavy atom. The lowest BCUT2D eigenvalue weighted by atomic mass is 9.97. The van der Waals surface area contributed by atoms with Crippen LogP contribution in [0.15, 0.2) is 12.1 Å². The lowest BCUT2D eigenvalue weighted by molar-refractivity contribution is 0.282. The molecule has 0 saturated carbocycles. The number of anilines is 1. The van der Waals surface area contributed by atoms with Crippen molar-refractivity contribution in [2.45, 2.75) is 50.9 Å². The van der Waals surface area contributed by atoms with E-state index in [4.69, 9.17) is 5.10 Å². The second-order valence-electron chi connectivity index (χ2n) is 8.35. The van der Waals surface area contributed by atoms with Crippen LogP contribution in [0.5, 0.6) is 0 Å². The summed E-state index contributed by atoms with van der Waals surface area (Å²) < 4.78 is 31.3. The van der Waals surface area contributed by atoms with Gasteiger partial charge in [-0.15, -0.1) is 15.3 Å². The summed E-state index contributed by atoms with van der Waals surface area (Å²) in [7, 11) is -3.36. The molecule has 0 spiro atoms. The molecule has 3 fully saturated rings. The van der Waals surface area contributed by atoms with E-state index in [-0.39, 0.29) is 5.92 Å². The van der Waals surface area contributed by atoms with Crippen LogP contribution < -0.4 is 4.90 Å². The Labute approximate surface area is 171 Å². The molecule has 0 aromatic carbocycles. The smallest absolute Gasteiger partial charge is 0.281 e. The fraction of sp³-hybridized carbons (Fsp3) is 0.737. The predicted octanol–water partition coefficient (Wildman–Crippen LogP) is 1.63. The summed E-state index contributed by atoms with van der Waals surface area (Å²) in [5.41, 5.74) is 0.754. The van der Waals surface area contributed by atoms with Gasteiger partial charge in [0, 0.05) is 45.2 Å². The van der Waals surface area contributed by atoms with Crippen molar-refractivity contribution in [1.29, 1.82) is 0 Å². The van der Waals surface area contributed by atoms with Gasteiger partial charge in [-0.25, -0.2) is 0 Å². The molecule has 5 rings (SSSR count). The molecule has 0 bridgehead atoms. The summed E-state index contributed by atoms with van der Waals surface area (Å²) in [6.07, 6.45) is 6.89. The highest BCUT2D eigenvalue weighted by atomic mass is 32.2. The van der Waals surface area contributed by atoms with Gasteiger partial charge in [-0.05, 0) is 44.2 Å². The Bertz CT molecular complexity index is 956. The van der Waals surface area contributed by atoms with Crippen molar-refractivity contribution in [3.8, 4) is 0 Å². The second-order valence-corrected chi connectivity index (χ2v) is 10.3. The molecule has 0 unspecified atom stereocenters. The van der Waals surface area contributed by atoms with Crippen molar-refractivity contribution < 1.29 is 8.42 Å². The van der Waals surface area contributed by atoms with E-state index in [1.165, 1.54) is 6.42 Å². The van der Waals surface area contributed by atoms with Crippen LogP contribution in [0.3, 0.4) is 0 Å². The first-order valence-electron chi connectivity index (χ1n) is 10.9. The predicted molar refractivity (Wildman–Crippen MR) is 110 cm³/mol. The maximum atomic E-state index is 13.1. The zero-order valence-corrected chi connectivity index (χ0v) is 17.6. The quantitative estimate of drug-likeness (QED) is 0.749. The summed E-state index contributed by atoms with van der Waals surface area (Å²) in [4.78, 5) is 2.25. The Kier molecular flexibility index (Phi) is 5.17. The minimum atomic E-state index is -3.36. The van der Waals surface area contributed by atoms with Crippen molar-refractivity contribution in [3.05, 3.63) is 18.0 Å². The first-order valence-corrected chi connectivity index (χ1v) is 12.3. The molecule has 5 heterocycles. The van der Waals surface area contributed by atoms with Crippen molar-refractivity contribution in [1.82, 2.24) is 28.4 Å². The Morgan fingerprint density at radius 1 is 0.793 bits per heavy atom. The molecule has 2 aromatic heterocycles. The minimum absolute atomic E-state index is 0.180. The molecular weight excluding hydrogens is 390 g/mol. The average molecular weight is 420 g/mol. The lowest BCUT2D eigenvalue weighted by Crippen LogP contribution is -2.47. The molecule has 0 amide bonds. The van der Waals surface area contributed by atoms with Crippen molar-refractivity contribution >= 4 is 21.7 Å². The first kappa shape index (κ1) is 19.2. The molecule has 9 nitrogen and oxygen atoms in total. The third kappa shape index (κ3) is 3.62. The van der Waals surface area contributed by atoms with Gasteiger partial charge in [-0.2, -0.15) is 21.5 Å². The monoisotopic (exact) mass is 419 g/mol. The highest BCUT2D eigenvalue weighted by molar-refractivity contribution is 7.86. The first-order chi connectivity index (χ1) is 14.1. The van der Waals surface area contributed by atoms with Gasteiger partial charge in [0.1, 0.15) is 5.82 Å². The lowest BCUT2D eigenvalue weighted by Gasteiger charge is -2.34. The van der Waals surface area contributed by atoms with Crippen molar-refractivity contribution in [2.75, 3.05) is 44.2 Å². The number of hydrogen-bond acceptors (Lipinski definition) is 6. The SMILES string of the molecule is O=S(=O)(N1CCCCCC1)N1CCC(c2nnc3ccc(N4CCC4)nn23)CC1. The van der Waals surface area contributed by atoms with Crippen LogP contribution in [-0.2, 0) is 10.2 Å². The third-order valence-corrected chi connectivity index (χ3v) is 8.53. The fourth-order valence-corrected chi connectivity index (χ4v) is 6.26. The maximum absolute atomic E-state index is 13.1. The number of piperidine rings is 1. The van der Waals surface area contributed by atoms with Crippen LogP contribution in [-0.4, -0.2) is 76.1 Å². The molecule has 0 N–H and O–H groups in total. The van der Waals surface area contributed by atoms with Gasteiger partial charge >= 0.3 is 0 Å². The van der Waals surface area contributed by atoms with E-state index < -0.39 is 10.2 Å². The van der Waals surface area contributed by atoms with E-state index in [0.717, 1.165) is 68.9 Å². The highest BCUT2D eigenvalue weighted by Gasteiger charge is 2.35. The summed E-state index contributed by atoms with van der Waals surface area (Å²) in [6, 6.07) is 3.97. The van der Waals surface area contributed by atoms with E-state index in [0.29, 0.717) is 26.2 Å². The number of nitrogens with zero attached hydrogens (tertiary/aromatic N) is 7. The van der Waals surface area contributed by atoms with Gasteiger partial charge in [0.2, 0.25) is 0 Å². The van der Waals surface area contributed by atoms with E-state index in [1.54, 1.807) is 8.61 Å². The van der Waals surface area contributed by atoms with Gasteiger partial charge in [0.25, 0.3) is 10.2 Å².